The summed E-state index contributed by atoms with van der Waals surface area (Å²) in [6.07, 6.45) is 1.09. The largest absolute Gasteiger partial charge is 0.496 e. The second-order valence-electron chi connectivity index (χ2n) is 5.48. The summed E-state index contributed by atoms with van der Waals surface area (Å²) in [6.45, 7) is 5.39. The first kappa shape index (κ1) is 17.0. The Balaban J connectivity index is 3.00. The number of carbonyl (C=O) groups is 2. The van der Waals surface area contributed by atoms with Crippen LogP contribution in [0.2, 0.25) is 0 Å². The lowest BCUT2D eigenvalue weighted by atomic mass is 9.82. The summed E-state index contributed by atoms with van der Waals surface area (Å²) in [5.41, 5.74) is -0.153. The number of ether oxygens (including phenoxy) is 1. The van der Waals surface area contributed by atoms with Crippen LogP contribution in [0, 0.1) is 0 Å². The van der Waals surface area contributed by atoms with Gasteiger partial charge in [-0.25, -0.2) is 4.79 Å². The van der Waals surface area contributed by atoms with E-state index in [4.69, 9.17) is 9.84 Å². The third-order valence-corrected chi connectivity index (χ3v) is 3.53. The highest BCUT2D eigenvalue weighted by Gasteiger charge is 2.34. The summed E-state index contributed by atoms with van der Waals surface area (Å²) >= 11 is 0. The Morgan fingerprint density at radius 3 is 2.48 bits per heavy atom. The van der Waals surface area contributed by atoms with Crippen LogP contribution in [0.5, 0.6) is 5.75 Å². The predicted molar refractivity (Wildman–Crippen MR) is 80.5 cm³/mol. The zero-order chi connectivity index (χ0) is 16.0. The summed E-state index contributed by atoms with van der Waals surface area (Å²) in [7, 11) is 1.55. The molecule has 0 spiro atoms. The molecule has 0 heterocycles. The maximum absolute atomic E-state index is 12.5. The van der Waals surface area contributed by atoms with Crippen molar-refractivity contribution in [3.8, 4) is 5.75 Å². The standard InChI is InChI=1S/C16H23NO4/c1-5-8-12(14(18)19)17-15(20)16(2,3)11-9-6-7-10-13(11)21-4/h6-7,9-10,12H,5,8H2,1-4H3,(H,17,20)(H,18,19). The Kier molecular flexibility index (Phi) is 5.76. The molecule has 5 nitrogen and oxygen atoms in total. The van der Waals surface area contributed by atoms with Crippen LogP contribution >= 0.6 is 0 Å². The van der Waals surface area contributed by atoms with E-state index in [1.54, 1.807) is 27.0 Å². The molecule has 21 heavy (non-hydrogen) atoms. The van der Waals surface area contributed by atoms with Gasteiger partial charge in [-0.2, -0.15) is 0 Å². The number of hydrogen-bond donors (Lipinski definition) is 2. The molecule has 0 aliphatic carbocycles. The molecule has 1 aromatic rings. The minimum atomic E-state index is -1.01. The predicted octanol–water partition coefficient (Wildman–Crippen LogP) is 2.34. The highest BCUT2D eigenvalue weighted by Crippen LogP contribution is 2.31. The molecule has 2 N–H and O–H groups in total. The lowest BCUT2D eigenvalue weighted by Gasteiger charge is -2.27. The number of benzene rings is 1. The van der Waals surface area contributed by atoms with E-state index in [0.29, 0.717) is 18.6 Å². The van der Waals surface area contributed by atoms with Crippen molar-refractivity contribution in [2.24, 2.45) is 0 Å². The number of carboxylic acids is 1. The van der Waals surface area contributed by atoms with Gasteiger partial charge in [0.25, 0.3) is 0 Å². The van der Waals surface area contributed by atoms with Gasteiger partial charge in [-0.05, 0) is 26.3 Å². The van der Waals surface area contributed by atoms with Crippen molar-refractivity contribution < 1.29 is 19.4 Å². The number of carbonyl (C=O) groups excluding carboxylic acids is 1. The van der Waals surface area contributed by atoms with Crippen molar-refractivity contribution in [1.29, 1.82) is 0 Å². The van der Waals surface area contributed by atoms with Crippen molar-refractivity contribution in [2.45, 2.75) is 45.1 Å². The number of aliphatic carboxylic acids is 1. The molecule has 0 aromatic heterocycles. The average Bonchev–Trinajstić information content (AvgIpc) is 2.46. The van der Waals surface area contributed by atoms with Gasteiger partial charge in [0, 0.05) is 5.56 Å². The zero-order valence-electron chi connectivity index (χ0n) is 13.0. The Morgan fingerprint density at radius 1 is 1.33 bits per heavy atom. The lowest BCUT2D eigenvalue weighted by Crippen LogP contribution is -2.48. The number of para-hydroxylation sites is 1. The molecule has 1 atom stereocenters. The molecule has 1 unspecified atom stereocenters. The van der Waals surface area contributed by atoms with Crippen LogP contribution in [0.15, 0.2) is 24.3 Å². The van der Waals surface area contributed by atoms with E-state index in [1.165, 1.54) is 0 Å². The van der Waals surface area contributed by atoms with Gasteiger partial charge >= 0.3 is 5.97 Å². The maximum Gasteiger partial charge on any atom is 0.326 e. The number of hydrogen-bond acceptors (Lipinski definition) is 3. The molecule has 0 aliphatic rings. The molecule has 1 aromatic carbocycles. The fourth-order valence-electron chi connectivity index (χ4n) is 2.17. The molecule has 5 heteroatoms. The molecule has 116 valence electrons. The summed E-state index contributed by atoms with van der Waals surface area (Å²) in [4.78, 5) is 23.7. The first-order valence-corrected chi connectivity index (χ1v) is 7.01. The Morgan fingerprint density at radius 2 is 1.95 bits per heavy atom. The minimum absolute atomic E-state index is 0.326. The van der Waals surface area contributed by atoms with Crippen LogP contribution in [-0.4, -0.2) is 30.1 Å². The molecule has 0 bridgehead atoms. The smallest absolute Gasteiger partial charge is 0.326 e. The molecule has 0 saturated heterocycles. The lowest BCUT2D eigenvalue weighted by molar-refractivity contribution is -0.142. The summed E-state index contributed by atoms with van der Waals surface area (Å²) < 4.78 is 5.29. The van der Waals surface area contributed by atoms with Crippen molar-refractivity contribution in [3.05, 3.63) is 29.8 Å². The summed E-state index contributed by atoms with van der Waals surface area (Å²) in [5, 5.41) is 11.8. The van der Waals surface area contributed by atoms with E-state index < -0.39 is 17.4 Å². The number of nitrogens with one attached hydrogen (secondary N) is 1. The second kappa shape index (κ2) is 7.11. The fourth-order valence-corrected chi connectivity index (χ4v) is 2.17. The van der Waals surface area contributed by atoms with Crippen LogP contribution in [-0.2, 0) is 15.0 Å². The summed E-state index contributed by atoms with van der Waals surface area (Å²) in [6, 6.07) is 6.39. The van der Waals surface area contributed by atoms with Crippen LogP contribution in [0.1, 0.15) is 39.2 Å². The van der Waals surface area contributed by atoms with Gasteiger partial charge in [-0.15, -0.1) is 0 Å². The Hall–Kier alpha value is -2.04. The van der Waals surface area contributed by atoms with Crippen LogP contribution in [0.25, 0.3) is 0 Å². The quantitative estimate of drug-likeness (QED) is 0.809. The highest BCUT2D eigenvalue weighted by atomic mass is 16.5. The maximum atomic E-state index is 12.5. The van der Waals surface area contributed by atoms with E-state index in [2.05, 4.69) is 5.32 Å². The van der Waals surface area contributed by atoms with Crippen molar-refractivity contribution in [3.63, 3.8) is 0 Å². The SMILES string of the molecule is CCCC(NC(=O)C(C)(C)c1ccccc1OC)C(=O)O. The van der Waals surface area contributed by atoms with Gasteiger partial charge in [0.2, 0.25) is 5.91 Å². The second-order valence-corrected chi connectivity index (χ2v) is 5.48. The number of carboxylic acid groups (broad SMARTS) is 1. The normalized spacial score (nSPS) is 12.6. The highest BCUT2D eigenvalue weighted by molar-refractivity contribution is 5.91. The number of methoxy groups -OCH3 is 1. The van der Waals surface area contributed by atoms with Gasteiger partial charge in [0.05, 0.1) is 12.5 Å². The van der Waals surface area contributed by atoms with Crippen LogP contribution in [0.4, 0.5) is 0 Å². The molecular weight excluding hydrogens is 270 g/mol. The van der Waals surface area contributed by atoms with Crippen LogP contribution < -0.4 is 10.1 Å². The van der Waals surface area contributed by atoms with Gasteiger partial charge < -0.3 is 15.2 Å². The van der Waals surface area contributed by atoms with Gasteiger partial charge in [0.1, 0.15) is 11.8 Å². The molecule has 0 fully saturated rings. The minimum Gasteiger partial charge on any atom is -0.496 e. The topological polar surface area (TPSA) is 75.6 Å². The van der Waals surface area contributed by atoms with Crippen molar-refractivity contribution in [1.82, 2.24) is 5.32 Å². The van der Waals surface area contributed by atoms with E-state index in [0.717, 1.165) is 5.56 Å². The van der Waals surface area contributed by atoms with Crippen LogP contribution in [0.3, 0.4) is 0 Å². The number of amides is 1. The first-order chi connectivity index (χ1) is 9.84. The van der Waals surface area contributed by atoms with Crippen molar-refractivity contribution >= 4 is 11.9 Å². The van der Waals surface area contributed by atoms with Gasteiger partial charge in [-0.3, -0.25) is 4.79 Å². The molecule has 0 radical (unpaired) electrons. The van der Waals surface area contributed by atoms with Gasteiger partial charge in [0.15, 0.2) is 0 Å². The van der Waals surface area contributed by atoms with Gasteiger partial charge in [-0.1, -0.05) is 31.5 Å². The van der Waals surface area contributed by atoms with Crippen molar-refractivity contribution in [2.75, 3.05) is 7.11 Å². The Bertz CT molecular complexity index is 511. The van der Waals surface area contributed by atoms with E-state index >= 15 is 0 Å². The monoisotopic (exact) mass is 293 g/mol. The van der Waals surface area contributed by atoms with E-state index in [-0.39, 0.29) is 5.91 Å². The molecule has 1 amide bonds. The molecule has 0 saturated carbocycles. The first-order valence-electron chi connectivity index (χ1n) is 7.01. The Labute approximate surface area is 125 Å². The zero-order valence-corrected chi connectivity index (χ0v) is 13.0. The van der Waals surface area contributed by atoms with E-state index in [1.807, 2.05) is 25.1 Å². The third-order valence-electron chi connectivity index (χ3n) is 3.53. The molecular formula is C16H23NO4. The molecule has 0 aliphatic heterocycles. The summed E-state index contributed by atoms with van der Waals surface area (Å²) in [5.74, 6) is -0.728. The third kappa shape index (κ3) is 3.97. The number of rotatable bonds is 7. The van der Waals surface area contributed by atoms with E-state index in [9.17, 15) is 9.59 Å². The molecule has 1 rings (SSSR count). The average molecular weight is 293 g/mol. The fraction of sp³-hybridized carbons (Fsp3) is 0.500.